The molecule has 0 saturated heterocycles. The number of rotatable bonds is 6. The van der Waals surface area contributed by atoms with Gasteiger partial charge in [0.15, 0.2) is 0 Å². The van der Waals surface area contributed by atoms with Gasteiger partial charge in [-0.2, -0.15) is 0 Å². The van der Waals surface area contributed by atoms with Crippen molar-refractivity contribution in [2.24, 2.45) is 0 Å². The summed E-state index contributed by atoms with van der Waals surface area (Å²) in [7, 11) is 0. The molecule has 2 unspecified atom stereocenters. The Kier molecular flexibility index (Phi) is 3.93. The molecule has 0 saturated carbocycles. The predicted molar refractivity (Wildman–Crippen MR) is 82.0 cm³/mol. The van der Waals surface area contributed by atoms with Crippen LogP contribution in [0.25, 0.3) is 0 Å². The lowest BCUT2D eigenvalue weighted by atomic mass is 9.74. The minimum atomic E-state index is 0.335. The van der Waals surface area contributed by atoms with Gasteiger partial charge in [-0.3, -0.25) is 0 Å². The summed E-state index contributed by atoms with van der Waals surface area (Å²) in [6.45, 7) is 5.26. The van der Waals surface area contributed by atoms with Crippen molar-refractivity contribution in [2.45, 2.75) is 45.1 Å². The number of furan rings is 1. The fraction of sp³-hybridized carbons (Fsp3) is 0.444. The van der Waals surface area contributed by atoms with E-state index in [1.165, 1.54) is 17.5 Å². The lowest BCUT2D eigenvalue weighted by molar-refractivity contribution is 0.356. The molecule has 1 aromatic carbocycles. The van der Waals surface area contributed by atoms with Crippen molar-refractivity contribution in [1.82, 2.24) is 5.32 Å². The third kappa shape index (κ3) is 2.66. The van der Waals surface area contributed by atoms with Gasteiger partial charge < -0.3 is 9.73 Å². The number of fused-ring (bicyclic) bond motifs is 1. The van der Waals surface area contributed by atoms with E-state index >= 15 is 0 Å². The van der Waals surface area contributed by atoms with Crippen LogP contribution >= 0.6 is 0 Å². The molecule has 0 amide bonds. The second-order valence-electron chi connectivity index (χ2n) is 5.79. The van der Waals surface area contributed by atoms with Crippen molar-refractivity contribution in [2.75, 3.05) is 6.54 Å². The van der Waals surface area contributed by atoms with Crippen LogP contribution in [-0.2, 0) is 6.42 Å². The van der Waals surface area contributed by atoms with Gasteiger partial charge in [0.25, 0.3) is 0 Å². The first kappa shape index (κ1) is 13.4. The molecule has 0 bridgehead atoms. The first-order valence-corrected chi connectivity index (χ1v) is 7.65. The minimum Gasteiger partial charge on any atom is -0.465 e. The summed E-state index contributed by atoms with van der Waals surface area (Å²) in [5, 5.41) is 3.64. The van der Waals surface area contributed by atoms with E-state index in [9.17, 15) is 0 Å². The highest BCUT2D eigenvalue weighted by atomic mass is 16.3. The van der Waals surface area contributed by atoms with Crippen LogP contribution in [0.5, 0.6) is 0 Å². The van der Waals surface area contributed by atoms with E-state index in [1.54, 1.807) is 0 Å². The first-order chi connectivity index (χ1) is 9.78. The summed E-state index contributed by atoms with van der Waals surface area (Å²) in [6, 6.07) is 13.3. The molecule has 2 heteroatoms. The highest BCUT2D eigenvalue weighted by Crippen LogP contribution is 2.40. The average Bonchev–Trinajstić information content (AvgIpc) is 2.86. The predicted octanol–water partition coefficient (Wildman–Crippen LogP) is 4.36. The molecular formula is C18H23NO. The number of benzene rings is 1. The summed E-state index contributed by atoms with van der Waals surface area (Å²) in [4.78, 5) is 0. The monoisotopic (exact) mass is 269 g/mol. The Morgan fingerprint density at radius 3 is 2.80 bits per heavy atom. The second-order valence-corrected chi connectivity index (χ2v) is 5.79. The summed E-state index contributed by atoms with van der Waals surface area (Å²) in [5.41, 5.74) is 3.04. The molecule has 0 fully saturated rings. The van der Waals surface area contributed by atoms with Crippen LogP contribution in [0.2, 0.25) is 0 Å². The van der Waals surface area contributed by atoms with Crippen LogP contribution in [0.4, 0.5) is 0 Å². The van der Waals surface area contributed by atoms with E-state index in [0.29, 0.717) is 12.0 Å². The first-order valence-electron chi connectivity index (χ1n) is 7.65. The maximum atomic E-state index is 5.84. The fourth-order valence-electron chi connectivity index (χ4n) is 3.12. The van der Waals surface area contributed by atoms with Gasteiger partial charge in [0, 0.05) is 0 Å². The zero-order valence-corrected chi connectivity index (χ0v) is 12.4. The van der Waals surface area contributed by atoms with Gasteiger partial charge in [0.05, 0.1) is 6.04 Å². The number of nitrogens with one attached hydrogen (secondary N) is 1. The van der Waals surface area contributed by atoms with Crippen molar-refractivity contribution in [1.29, 1.82) is 0 Å². The molecule has 106 valence electrons. The van der Waals surface area contributed by atoms with Crippen molar-refractivity contribution in [3.8, 4) is 0 Å². The largest absolute Gasteiger partial charge is 0.465 e. The summed E-state index contributed by atoms with van der Waals surface area (Å²) in [6.07, 6.45) is 3.49. The molecule has 1 aliphatic carbocycles. The Hall–Kier alpha value is -1.54. The molecule has 2 atom stereocenters. The van der Waals surface area contributed by atoms with Crippen molar-refractivity contribution < 1.29 is 4.42 Å². The highest BCUT2D eigenvalue weighted by molar-refractivity contribution is 5.40. The van der Waals surface area contributed by atoms with Crippen LogP contribution < -0.4 is 5.32 Å². The zero-order chi connectivity index (χ0) is 13.9. The van der Waals surface area contributed by atoms with E-state index in [1.807, 2.05) is 6.92 Å². The Bertz CT molecular complexity index is 572. The van der Waals surface area contributed by atoms with Crippen LogP contribution in [0, 0.1) is 6.92 Å². The average molecular weight is 269 g/mol. The van der Waals surface area contributed by atoms with E-state index < -0.39 is 0 Å². The smallest absolute Gasteiger partial charge is 0.121 e. The quantitative estimate of drug-likeness (QED) is 0.843. The highest BCUT2D eigenvalue weighted by Gasteiger charge is 2.29. The lowest BCUT2D eigenvalue weighted by Gasteiger charge is -2.32. The number of hydrogen-bond donors (Lipinski definition) is 1. The summed E-state index contributed by atoms with van der Waals surface area (Å²) in [5.74, 6) is 2.75. The van der Waals surface area contributed by atoms with E-state index in [4.69, 9.17) is 4.42 Å². The molecule has 3 rings (SSSR count). The molecule has 0 radical (unpaired) electrons. The summed E-state index contributed by atoms with van der Waals surface area (Å²) >= 11 is 0. The van der Waals surface area contributed by atoms with Crippen LogP contribution in [0.3, 0.4) is 0 Å². The molecule has 1 aliphatic rings. The van der Waals surface area contributed by atoms with Crippen LogP contribution in [-0.4, -0.2) is 6.54 Å². The molecule has 0 aliphatic heterocycles. The molecule has 2 aromatic rings. The molecule has 1 aromatic heterocycles. The zero-order valence-electron chi connectivity index (χ0n) is 12.4. The van der Waals surface area contributed by atoms with Crippen molar-refractivity contribution in [3.63, 3.8) is 0 Å². The number of hydrogen-bond acceptors (Lipinski definition) is 2. The van der Waals surface area contributed by atoms with E-state index in [0.717, 1.165) is 30.9 Å². The maximum Gasteiger partial charge on any atom is 0.121 e. The van der Waals surface area contributed by atoms with Crippen LogP contribution in [0.1, 0.15) is 54.4 Å². The summed E-state index contributed by atoms with van der Waals surface area (Å²) < 4.78 is 5.84. The normalized spacial score (nSPS) is 18.4. The standard InChI is InChI=1S/C18H23NO/c1-3-10-19-17(18-9-8-13(2)20-18)12-15-11-14-6-4-5-7-16(14)15/h4-9,15,17,19H,3,10-12H2,1-2H3. The maximum absolute atomic E-state index is 5.84. The SMILES string of the molecule is CCCNC(CC1Cc2ccccc21)c1ccc(C)o1. The minimum absolute atomic E-state index is 0.335. The van der Waals surface area contributed by atoms with Crippen molar-refractivity contribution in [3.05, 3.63) is 59.0 Å². The van der Waals surface area contributed by atoms with E-state index in [2.05, 4.69) is 48.6 Å². The van der Waals surface area contributed by atoms with Gasteiger partial charge >= 0.3 is 0 Å². The Morgan fingerprint density at radius 2 is 2.10 bits per heavy atom. The van der Waals surface area contributed by atoms with Gasteiger partial charge in [-0.25, -0.2) is 0 Å². The number of aryl methyl sites for hydroxylation is 1. The molecule has 20 heavy (non-hydrogen) atoms. The lowest BCUT2D eigenvalue weighted by Crippen LogP contribution is -2.27. The van der Waals surface area contributed by atoms with Gasteiger partial charge in [-0.05, 0) is 61.9 Å². The Morgan fingerprint density at radius 1 is 1.25 bits per heavy atom. The van der Waals surface area contributed by atoms with Crippen LogP contribution in [0.15, 0.2) is 40.8 Å². The molecule has 0 spiro atoms. The van der Waals surface area contributed by atoms with Crippen molar-refractivity contribution >= 4 is 0 Å². The Labute approximate surface area is 121 Å². The van der Waals surface area contributed by atoms with Gasteiger partial charge in [0.1, 0.15) is 11.5 Å². The van der Waals surface area contributed by atoms with Gasteiger partial charge in [-0.15, -0.1) is 0 Å². The third-order valence-electron chi connectivity index (χ3n) is 4.23. The molecule has 1 heterocycles. The molecular weight excluding hydrogens is 246 g/mol. The molecule has 2 nitrogen and oxygen atoms in total. The second kappa shape index (κ2) is 5.84. The molecule has 1 N–H and O–H groups in total. The van der Waals surface area contributed by atoms with Gasteiger partial charge in [0.2, 0.25) is 0 Å². The topological polar surface area (TPSA) is 25.2 Å². The van der Waals surface area contributed by atoms with Gasteiger partial charge in [-0.1, -0.05) is 31.2 Å². The third-order valence-corrected chi connectivity index (χ3v) is 4.23. The van der Waals surface area contributed by atoms with E-state index in [-0.39, 0.29) is 0 Å². The Balaban J connectivity index is 1.71. The fourth-order valence-corrected chi connectivity index (χ4v) is 3.12.